The fraction of sp³-hybridized carbons (Fsp3) is 0.667. The number of hydrogen-bond donors (Lipinski definition) is 1. The predicted octanol–water partition coefficient (Wildman–Crippen LogP) is 1.51. The van der Waals surface area contributed by atoms with Crippen molar-refractivity contribution in [3.63, 3.8) is 0 Å². The first kappa shape index (κ1) is 20.5. The summed E-state index contributed by atoms with van der Waals surface area (Å²) in [5, 5.41) is 3.32. The molecule has 1 saturated heterocycles. The van der Waals surface area contributed by atoms with Crippen molar-refractivity contribution in [3.05, 3.63) is 23.9 Å². The molecule has 0 saturated carbocycles. The Morgan fingerprint density at radius 3 is 2.54 bits per heavy atom. The van der Waals surface area contributed by atoms with Crippen LogP contribution in [0, 0.1) is 0 Å². The van der Waals surface area contributed by atoms with Crippen LogP contribution < -0.4 is 10.2 Å². The van der Waals surface area contributed by atoms with Gasteiger partial charge >= 0.3 is 0 Å². The van der Waals surface area contributed by atoms with Crippen LogP contribution in [-0.4, -0.2) is 68.0 Å². The second kappa shape index (κ2) is 8.24. The molecule has 2 heterocycles. The van der Waals surface area contributed by atoms with E-state index in [9.17, 15) is 8.42 Å². The van der Waals surface area contributed by atoms with Crippen LogP contribution in [0.4, 0.5) is 5.82 Å². The zero-order chi connectivity index (χ0) is 19.4. The summed E-state index contributed by atoms with van der Waals surface area (Å²) in [4.78, 5) is 13.1. The normalized spacial score (nSPS) is 19.3. The van der Waals surface area contributed by atoms with E-state index in [0.29, 0.717) is 19.6 Å². The molecule has 0 amide bonds. The third-order valence-electron chi connectivity index (χ3n) is 4.90. The first-order valence-electron chi connectivity index (χ1n) is 9.12. The molecule has 7 nitrogen and oxygen atoms in total. The van der Waals surface area contributed by atoms with Gasteiger partial charge in [-0.1, -0.05) is 6.07 Å². The molecule has 1 aliphatic heterocycles. The maximum absolute atomic E-state index is 12.2. The zero-order valence-electron chi connectivity index (χ0n) is 16.5. The quantitative estimate of drug-likeness (QED) is 0.615. The third-order valence-corrected chi connectivity index (χ3v) is 7.43. The van der Waals surface area contributed by atoms with Crippen LogP contribution in [0.2, 0.25) is 0 Å². The Hall–Kier alpha value is -1.83. The van der Waals surface area contributed by atoms with E-state index in [2.05, 4.69) is 40.1 Å². The van der Waals surface area contributed by atoms with Crippen molar-refractivity contribution in [2.24, 2.45) is 4.99 Å². The van der Waals surface area contributed by atoms with Crippen molar-refractivity contribution in [1.29, 1.82) is 0 Å². The van der Waals surface area contributed by atoms with Gasteiger partial charge in [-0.05, 0) is 39.3 Å². The van der Waals surface area contributed by atoms with E-state index >= 15 is 0 Å². The van der Waals surface area contributed by atoms with Crippen molar-refractivity contribution in [2.75, 3.05) is 43.9 Å². The molecule has 1 aromatic heterocycles. The number of aromatic nitrogens is 1. The van der Waals surface area contributed by atoms with E-state index in [-0.39, 0.29) is 5.75 Å². The molecular formula is C18H31N5O2S. The average Bonchev–Trinajstić information content (AvgIpc) is 2.61. The van der Waals surface area contributed by atoms with Crippen LogP contribution in [0.1, 0.15) is 33.3 Å². The molecule has 1 N–H and O–H groups in total. The fourth-order valence-electron chi connectivity index (χ4n) is 3.09. The van der Waals surface area contributed by atoms with Gasteiger partial charge in [0.25, 0.3) is 0 Å². The Balaban J connectivity index is 1.99. The molecule has 0 bridgehead atoms. The standard InChI is InChI=1S/C18H31N5O2S/c1-6-22(7-2)16-9-8-15(12-20-16)13-21-17(19-5)23-10-11-26(24,25)18(3,4)14-23/h8-9,12H,6-7,10-11,13-14H2,1-5H3,(H,19,21). The molecule has 26 heavy (non-hydrogen) atoms. The molecule has 146 valence electrons. The first-order chi connectivity index (χ1) is 12.2. The van der Waals surface area contributed by atoms with Gasteiger partial charge in [0.15, 0.2) is 15.8 Å². The molecule has 1 aromatic rings. The number of guanidine groups is 1. The number of rotatable bonds is 5. The topological polar surface area (TPSA) is 77.9 Å². The molecule has 1 aliphatic rings. The van der Waals surface area contributed by atoms with E-state index in [1.165, 1.54) is 0 Å². The summed E-state index contributed by atoms with van der Waals surface area (Å²) in [5.41, 5.74) is 1.06. The molecule has 8 heteroatoms. The van der Waals surface area contributed by atoms with Crippen LogP contribution in [0.25, 0.3) is 0 Å². The number of pyridine rings is 1. The monoisotopic (exact) mass is 381 g/mol. The average molecular weight is 382 g/mol. The number of anilines is 1. The second-order valence-electron chi connectivity index (χ2n) is 7.10. The van der Waals surface area contributed by atoms with Gasteiger partial charge in [0.05, 0.1) is 10.5 Å². The first-order valence-corrected chi connectivity index (χ1v) is 10.8. The highest BCUT2D eigenvalue weighted by atomic mass is 32.2. The summed E-state index contributed by atoms with van der Waals surface area (Å²) in [5.74, 6) is 1.85. The van der Waals surface area contributed by atoms with Gasteiger partial charge in [-0.25, -0.2) is 13.4 Å². The van der Waals surface area contributed by atoms with Crippen LogP contribution >= 0.6 is 0 Å². The highest BCUT2D eigenvalue weighted by Gasteiger charge is 2.40. The fourth-order valence-corrected chi connectivity index (χ4v) is 4.46. The molecule has 0 atom stereocenters. The summed E-state index contributed by atoms with van der Waals surface area (Å²) < 4.78 is 23.6. The van der Waals surface area contributed by atoms with E-state index in [0.717, 1.165) is 30.4 Å². The number of aliphatic imine (C=N–C) groups is 1. The molecule has 0 aliphatic carbocycles. The lowest BCUT2D eigenvalue weighted by atomic mass is 10.2. The smallest absolute Gasteiger partial charge is 0.193 e. The van der Waals surface area contributed by atoms with Gasteiger partial charge in [-0.3, -0.25) is 4.99 Å². The van der Waals surface area contributed by atoms with Gasteiger partial charge in [0.2, 0.25) is 0 Å². The summed E-state index contributed by atoms with van der Waals surface area (Å²) in [7, 11) is -1.34. The molecule has 0 spiro atoms. The molecule has 1 fully saturated rings. The highest BCUT2D eigenvalue weighted by Crippen LogP contribution is 2.23. The Labute approximate surface area is 157 Å². The SMILES string of the molecule is CCN(CC)c1ccc(CNC(=NC)N2CCS(=O)(=O)C(C)(C)C2)cn1. The number of nitrogens with one attached hydrogen (secondary N) is 1. The molecule has 0 unspecified atom stereocenters. The summed E-state index contributed by atoms with van der Waals surface area (Å²) >= 11 is 0. The Morgan fingerprint density at radius 2 is 2.04 bits per heavy atom. The lowest BCUT2D eigenvalue weighted by molar-refractivity contribution is 0.353. The molecule has 0 radical (unpaired) electrons. The van der Waals surface area contributed by atoms with E-state index in [1.807, 2.05) is 17.2 Å². The lowest BCUT2D eigenvalue weighted by Gasteiger charge is -2.39. The van der Waals surface area contributed by atoms with Gasteiger partial charge in [-0.2, -0.15) is 0 Å². The molecule has 0 aromatic carbocycles. The minimum absolute atomic E-state index is 0.154. The van der Waals surface area contributed by atoms with Crippen LogP contribution in [-0.2, 0) is 16.4 Å². The maximum atomic E-state index is 12.2. The Kier molecular flexibility index (Phi) is 6.49. The summed E-state index contributed by atoms with van der Waals surface area (Å²) in [6.45, 7) is 11.1. The second-order valence-corrected chi connectivity index (χ2v) is 9.84. The van der Waals surface area contributed by atoms with E-state index < -0.39 is 14.6 Å². The van der Waals surface area contributed by atoms with Gasteiger partial charge in [0, 0.05) is 46.0 Å². The highest BCUT2D eigenvalue weighted by molar-refractivity contribution is 7.92. The Bertz CT molecular complexity index is 724. The summed E-state index contributed by atoms with van der Waals surface area (Å²) in [6, 6.07) is 4.09. The van der Waals surface area contributed by atoms with Crippen molar-refractivity contribution < 1.29 is 8.42 Å². The van der Waals surface area contributed by atoms with Gasteiger partial charge in [0.1, 0.15) is 5.82 Å². The van der Waals surface area contributed by atoms with Crippen molar-refractivity contribution in [2.45, 2.75) is 39.0 Å². The van der Waals surface area contributed by atoms with Gasteiger partial charge in [-0.15, -0.1) is 0 Å². The zero-order valence-corrected chi connectivity index (χ0v) is 17.3. The minimum atomic E-state index is -3.06. The van der Waals surface area contributed by atoms with Crippen LogP contribution in [0.3, 0.4) is 0 Å². The van der Waals surface area contributed by atoms with Crippen molar-refractivity contribution in [3.8, 4) is 0 Å². The number of sulfone groups is 1. The van der Waals surface area contributed by atoms with E-state index in [4.69, 9.17) is 0 Å². The lowest BCUT2D eigenvalue weighted by Crippen LogP contribution is -2.57. The van der Waals surface area contributed by atoms with Gasteiger partial charge < -0.3 is 15.1 Å². The van der Waals surface area contributed by atoms with Crippen molar-refractivity contribution in [1.82, 2.24) is 15.2 Å². The maximum Gasteiger partial charge on any atom is 0.193 e. The largest absolute Gasteiger partial charge is 0.357 e. The number of hydrogen-bond acceptors (Lipinski definition) is 5. The predicted molar refractivity (Wildman–Crippen MR) is 107 cm³/mol. The number of nitrogens with zero attached hydrogens (tertiary/aromatic N) is 4. The van der Waals surface area contributed by atoms with Crippen LogP contribution in [0.5, 0.6) is 0 Å². The van der Waals surface area contributed by atoms with E-state index in [1.54, 1.807) is 20.9 Å². The molecular weight excluding hydrogens is 350 g/mol. The third kappa shape index (κ3) is 4.47. The molecule has 2 rings (SSSR count). The van der Waals surface area contributed by atoms with Crippen molar-refractivity contribution >= 4 is 21.6 Å². The Morgan fingerprint density at radius 1 is 1.35 bits per heavy atom. The summed E-state index contributed by atoms with van der Waals surface area (Å²) in [6.07, 6.45) is 1.87. The minimum Gasteiger partial charge on any atom is -0.357 e. The van der Waals surface area contributed by atoms with Crippen LogP contribution in [0.15, 0.2) is 23.3 Å².